The third-order valence-electron chi connectivity index (χ3n) is 10.7. The highest BCUT2D eigenvalue weighted by atomic mass is 16.4. The number of carbonyl (C=O) groups is 7. The number of carboxylic acids is 1. The van der Waals surface area contributed by atoms with Crippen molar-refractivity contribution in [3.05, 3.63) is 29.8 Å². The summed E-state index contributed by atoms with van der Waals surface area (Å²) >= 11 is 0. The van der Waals surface area contributed by atoms with Gasteiger partial charge in [-0.15, -0.1) is 0 Å². The van der Waals surface area contributed by atoms with Crippen LogP contribution in [0.4, 0.5) is 0 Å². The number of phenolic OH excluding ortho intramolecular Hbond substituents is 1. The summed E-state index contributed by atoms with van der Waals surface area (Å²) in [5.74, 6) is -5.25. The number of likely N-dealkylation sites (tertiary alicyclic amines) is 2. The summed E-state index contributed by atoms with van der Waals surface area (Å²) in [6.07, 6.45) is 1.01. The lowest BCUT2D eigenvalue weighted by molar-refractivity contribution is -0.145. The van der Waals surface area contributed by atoms with Crippen molar-refractivity contribution in [2.24, 2.45) is 34.0 Å². The van der Waals surface area contributed by atoms with Crippen molar-refractivity contribution in [3.8, 4) is 5.75 Å². The van der Waals surface area contributed by atoms with E-state index < -0.39 is 89.8 Å². The Balaban J connectivity index is 1.78. The molecule has 0 radical (unpaired) electrons. The first-order valence-corrected chi connectivity index (χ1v) is 21.0. The van der Waals surface area contributed by atoms with Crippen molar-refractivity contribution < 1.29 is 48.9 Å². The summed E-state index contributed by atoms with van der Waals surface area (Å²) in [7, 11) is 0. The number of carboxylic acid groups (broad SMARTS) is 1. The van der Waals surface area contributed by atoms with E-state index in [1.54, 1.807) is 12.1 Å². The molecule has 0 saturated carbocycles. The number of nitrogens with two attached hydrogens (primary N) is 3. The van der Waals surface area contributed by atoms with Gasteiger partial charge in [-0.25, -0.2) is 4.79 Å². The Kier molecular flexibility index (Phi) is 19.2. The second-order valence-electron chi connectivity index (χ2n) is 16.8. The number of carbonyl (C=O) groups excluding carboxylic acids is 6. The van der Waals surface area contributed by atoms with Gasteiger partial charge in [0.05, 0.1) is 6.10 Å². The quantitative estimate of drug-likeness (QED) is 0.0373. The fourth-order valence-corrected chi connectivity index (χ4v) is 7.53. The number of aliphatic carboxylic acids is 1. The molecule has 2 heterocycles. The van der Waals surface area contributed by atoms with E-state index in [-0.39, 0.29) is 88.1 Å². The first-order valence-electron chi connectivity index (χ1n) is 21.0. The molecule has 20 nitrogen and oxygen atoms in total. The molecule has 8 atom stereocenters. The van der Waals surface area contributed by atoms with Gasteiger partial charge in [0.1, 0.15) is 48.0 Å². The van der Waals surface area contributed by atoms with Crippen molar-refractivity contribution in [1.82, 2.24) is 31.1 Å². The maximum absolute atomic E-state index is 14.3. The number of nitrogens with one attached hydrogen (secondary N) is 4. The monoisotopic (exact) mass is 858 g/mol. The van der Waals surface area contributed by atoms with Crippen LogP contribution in [-0.4, -0.2) is 141 Å². The standard InChI is InChI=1S/C41H66N10O10/c1-22(2)19-28(34(54)46-27(40(60)61)9-6-16-45-41(43)44)47-35(55)31-10-7-17-50(31)38(58)29(20-23(3)4)48-36(56)32-11-8-18-51(32)39(59)30(49-37(57)33(42)24(5)52)21-25-12-14-26(53)15-13-25/h12-15,22-24,27-33,52-53H,6-11,16-21,42H2,1-5H3,(H,46,54)(H,47,55)(H,48,56)(H,49,57)(H,60,61)(H4,43,44,45)/t24-,27+,28+,29+,30+,31+,32+,33+/m1/s1. The number of aliphatic imine (C=N–C) groups is 1. The summed E-state index contributed by atoms with van der Waals surface area (Å²) in [6, 6.07) is -1.85. The molecule has 13 N–H and O–H groups in total. The van der Waals surface area contributed by atoms with Crippen LogP contribution < -0.4 is 38.5 Å². The Hall–Kier alpha value is -5.50. The van der Waals surface area contributed by atoms with Gasteiger partial charge in [0.15, 0.2) is 5.96 Å². The van der Waals surface area contributed by atoms with Gasteiger partial charge >= 0.3 is 5.97 Å². The van der Waals surface area contributed by atoms with Crippen molar-refractivity contribution in [2.75, 3.05) is 19.6 Å². The van der Waals surface area contributed by atoms with Crippen molar-refractivity contribution >= 4 is 47.4 Å². The lowest BCUT2D eigenvalue weighted by atomic mass is 10.00. The number of nitrogens with zero attached hydrogens (tertiary/aromatic N) is 3. The first kappa shape index (κ1) is 49.9. The van der Waals surface area contributed by atoms with Crippen LogP contribution in [0.2, 0.25) is 0 Å². The predicted octanol–water partition coefficient (Wildman–Crippen LogP) is -1.21. The molecule has 1 aromatic carbocycles. The summed E-state index contributed by atoms with van der Waals surface area (Å²) in [6.45, 7) is 9.35. The normalized spacial score (nSPS) is 19.3. The smallest absolute Gasteiger partial charge is 0.326 e. The number of aliphatic hydroxyl groups is 1. The zero-order chi connectivity index (χ0) is 45.6. The molecule has 2 aliphatic rings. The van der Waals surface area contributed by atoms with Crippen molar-refractivity contribution in [1.29, 1.82) is 0 Å². The molecule has 2 fully saturated rings. The molecule has 6 amide bonds. The number of aliphatic hydroxyl groups excluding tert-OH is 1. The maximum Gasteiger partial charge on any atom is 0.326 e. The highest BCUT2D eigenvalue weighted by Gasteiger charge is 2.43. The highest BCUT2D eigenvalue weighted by molar-refractivity contribution is 5.97. The summed E-state index contributed by atoms with van der Waals surface area (Å²) in [5.41, 5.74) is 17.2. The lowest BCUT2D eigenvalue weighted by Gasteiger charge is -2.33. The minimum absolute atomic E-state index is 0.00435. The van der Waals surface area contributed by atoms with Crippen molar-refractivity contribution in [2.45, 2.75) is 141 Å². The molecule has 61 heavy (non-hydrogen) atoms. The van der Waals surface area contributed by atoms with Gasteiger partial charge < -0.3 is 63.6 Å². The Labute approximate surface area is 356 Å². The molecule has 3 rings (SSSR count). The molecule has 20 heteroatoms. The third-order valence-corrected chi connectivity index (χ3v) is 10.7. The molecular weight excluding hydrogens is 793 g/mol. The number of benzene rings is 1. The fourth-order valence-electron chi connectivity index (χ4n) is 7.53. The van der Waals surface area contributed by atoms with E-state index in [1.807, 2.05) is 27.7 Å². The molecule has 0 aromatic heterocycles. The van der Waals surface area contributed by atoms with Crippen LogP contribution in [-0.2, 0) is 40.0 Å². The lowest BCUT2D eigenvalue weighted by Crippen LogP contribution is -2.60. The molecule has 0 bridgehead atoms. The Bertz CT molecular complexity index is 1720. The number of phenols is 1. The number of guanidine groups is 1. The van der Waals surface area contributed by atoms with Crippen LogP contribution in [0.3, 0.4) is 0 Å². The summed E-state index contributed by atoms with van der Waals surface area (Å²) < 4.78 is 0. The van der Waals surface area contributed by atoms with Crippen LogP contribution in [0.15, 0.2) is 29.3 Å². The van der Waals surface area contributed by atoms with Gasteiger partial charge in [0, 0.05) is 26.1 Å². The summed E-state index contributed by atoms with van der Waals surface area (Å²) in [4.78, 5) is 101. The van der Waals surface area contributed by atoms with Crippen LogP contribution in [0.5, 0.6) is 5.75 Å². The largest absolute Gasteiger partial charge is 0.508 e. The molecule has 2 aliphatic heterocycles. The van der Waals surface area contributed by atoms with Gasteiger partial charge in [-0.2, -0.15) is 0 Å². The number of hydrogen-bond acceptors (Lipinski definition) is 11. The number of hydrogen-bond donors (Lipinski definition) is 10. The van der Waals surface area contributed by atoms with E-state index in [2.05, 4.69) is 26.3 Å². The van der Waals surface area contributed by atoms with Gasteiger partial charge in [0.25, 0.3) is 0 Å². The van der Waals surface area contributed by atoms with Crippen LogP contribution >= 0.6 is 0 Å². The Morgan fingerprint density at radius 2 is 1.23 bits per heavy atom. The average molecular weight is 859 g/mol. The van der Waals surface area contributed by atoms with Crippen LogP contribution in [0.25, 0.3) is 0 Å². The number of amides is 6. The minimum atomic E-state index is -1.33. The molecule has 0 spiro atoms. The Morgan fingerprint density at radius 1 is 0.738 bits per heavy atom. The molecule has 340 valence electrons. The first-order chi connectivity index (χ1) is 28.7. The van der Waals surface area contributed by atoms with Gasteiger partial charge in [-0.05, 0) is 87.8 Å². The van der Waals surface area contributed by atoms with Crippen LogP contribution in [0.1, 0.15) is 91.5 Å². The highest BCUT2D eigenvalue weighted by Crippen LogP contribution is 2.24. The Morgan fingerprint density at radius 3 is 1.72 bits per heavy atom. The number of aromatic hydroxyl groups is 1. The van der Waals surface area contributed by atoms with E-state index in [0.29, 0.717) is 18.4 Å². The van der Waals surface area contributed by atoms with E-state index >= 15 is 0 Å². The zero-order valence-electron chi connectivity index (χ0n) is 35.8. The van der Waals surface area contributed by atoms with Crippen molar-refractivity contribution in [3.63, 3.8) is 0 Å². The molecule has 0 aliphatic carbocycles. The van der Waals surface area contributed by atoms with Gasteiger partial charge in [-0.3, -0.25) is 33.8 Å². The maximum atomic E-state index is 14.3. The third kappa shape index (κ3) is 15.2. The zero-order valence-corrected chi connectivity index (χ0v) is 35.8. The summed E-state index contributed by atoms with van der Waals surface area (Å²) in [5, 5.41) is 40.2. The van der Waals surface area contributed by atoms with Gasteiger partial charge in [-0.1, -0.05) is 39.8 Å². The number of rotatable bonds is 22. The van der Waals surface area contributed by atoms with Crippen LogP contribution in [0, 0.1) is 11.8 Å². The minimum Gasteiger partial charge on any atom is -0.508 e. The molecular formula is C41H66N10O10. The average Bonchev–Trinajstić information content (AvgIpc) is 3.89. The van der Waals surface area contributed by atoms with Gasteiger partial charge in [0.2, 0.25) is 35.4 Å². The molecule has 1 aromatic rings. The molecule has 0 unspecified atom stereocenters. The van der Waals surface area contributed by atoms with E-state index in [1.165, 1.54) is 28.9 Å². The predicted molar refractivity (Wildman–Crippen MR) is 225 cm³/mol. The molecule has 2 saturated heterocycles. The van der Waals surface area contributed by atoms with E-state index in [0.717, 1.165) is 0 Å². The SMILES string of the molecule is CC(C)C[C@H](NC(=O)[C@@H]1CCCN1C(=O)[C@H](CC(C)C)NC(=O)[C@@H]1CCCN1C(=O)[C@H](Cc1ccc(O)cc1)NC(=O)[C@@H](N)[C@@H](C)O)C(=O)N[C@@H](CCCN=C(N)N)C(=O)O. The van der Waals surface area contributed by atoms with E-state index in [4.69, 9.17) is 17.2 Å². The second-order valence-corrected chi connectivity index (χ2v) is 16.8. The van der Waals surface area contributed by atoms with E-state index in [9.17, 15) is 48.9 Å². The topological polar surface area (TPSA) is 325 Å². The fraction of sp³-hybridized carbons (Fsp3) is 0.659. The second kappa shape index (κ2) is 23.5.